The molecule has 1 N–H and O–H groups in total. The van der Waals surface area contributed by atoms with Gasteiger partial charge in [-0.25, -0.2) is 8.42 Å². The molecule has 24 heavy (non-hydrogen) atoms. The Morgan fingerprint density at radius 2 is 1.92 bits per heavy atom. The quantitative estimate of drug-likeness (QED) is 0.926. The fourth-order valence-electron chi connectivity index (χ4n) is 3.13. The zero-order valence-corrected chi connectivity index (χ0v) is 14.5. The van der Waals surface area contributed by atoms with Crippen molar-refractivity contribution >= 4 is 21.6 Å². The summed E-state index contributed by atoms with van der Waals surface area (Å²) in [5.74, 6) is -0.160. The minimum Gasteiger partial charge on any atom is -0.348 e. The Balaban J connectivity index is 1.77. The van der Waals surface area contributed by atoms with E-state index in [1.807, 2.05) is 37.3 Å². The molecule has 0 radical (unpaired) electrons. The van der Waals surface area contributed by atoms with Crippen LogP contribution in [0.25, 0.3) is 0 Å². The molecule has 1 atom stereocenters. The minimum absolute atomic E-state index is 0.127. The summed E-state index contributed by atoms with van der Waals surface area (Å²) < 4.78 is 25.3. The van der Waals surface area contributed by atoms with Crippen LogP contribution in [0, 0.1) is 0 Å². The van der Waals surface area contributed by atoms with Gasteiger partial charge in [0.05, 0.1) is 11.9 Å². The summed E-state index contributed by atoms with van der Waals surface area (Å²) in [5, 5.41) is 2.89. The summed E-state index contributed by atoms with van der Waals surface area (Å²) in [6, 6.07) is 14.8. The predicted octanol–water partition coefficient (Wildman–Crippen LogP) is 2.33. The van der Waals surface area contributed by atoms with Crippen LogP contribution >= 0.6 is 0 Å². The second kappa shape index (κ2) is 6.28. The van der Waals surface area contributed by atoms with E-state index in [1.165, 1.54) is 10.6 Å². The lowest BCUT2D eigenvalue weighted by Gasteiger charge is -2.21. The van der Waals surface area contributed by atoms with Crippen molar-refractivity contribution in [1.29, 1.82) is 0 Å². The number of carbonyl (C=O) groups excluding carboxylic acids is 1. The highest BCUT2D eigenvalue weighted by molar-refractivity contribution is 7.92. The van der Waals surface area contributed by atoms with E-state index in [0.29, 0.717) is 24.2 Å². The summed E-state index contributed by atoms with van der Waals surface area (Å²) in [7, 11) is -3.31. The lowest BCUT2D eigenvalue weighted by molar-refractivity contribution is 0.0951. The van der Waals surface area contributed by atoms with Crippen molar-refractivity contribution < 1.29 is 13.2 Å². The van der Waals surface area contributed by atoms with E-state index >= 15 is 0 Å². The van der Waals surface area contributed by atoms with Crippen LogP contribution in [0.1, 0.15) is 28.4 Å². The van der Waals surface area contributed by atoms with E-state index in [9.17, 15) is 13.2 Å². The molecule has 0 saturated carbocycles. The van der Waals surface area contributed by atoms with Crippen LogP contribution in [-0.4, -0.2) is 26.6 Å². The van der Waals surface area contributed by atoms with Crippen molar-refractivity contribution in [3.63, 3.8) is 0 Å². The average molecular weight is 344 g/mol. The zero-order chi connectivity index (χ0) is 17.3. The molecule has 0 bridgehead atoms. The largest absolute Gasteiger partial charge is 0.348 e. The van der Waals surface area contributed by atoms with E-state index in [2.05, 4.69) is 5.32 Å². The van der Waals surface area contributed by atoms with E-state index in [0.717, 1.165) is 11.1 Å². The summed E-state index contributed by atoms with van der Waals surface area (Å²) in [6.45, 7) is 2.33. The first-order chi connectivity index (χ1) is 11.4. The molecule has 0 saturated heterocycles. The second-order valence-corrected chi connectivity index (χ2v) is 7.98. The molecule has 0 unspecified atom stereocenters. The van der Waals surface area contributed by atoms with Gasteiger partial charge in [0, 0.05) is 18.2 Å². The van der Waals surface area contributed by atoms with Crippen molar-refractivity contribution in [1.82, 2.24) is 5.32 Å². The Bertz CT molecular complexity index is 863. The molecule has 0 aliphatic carbocycles. The number of benzene rings is 2. The number of amides is 1. The monoisotopic (exact) mass is 344 g/mol. The molecular weight excluding hydrogens is 324 g/mol. The van der Waals surface area contributed by atoms with Crippen LogP contribution in [0.15, 0.2) is 48.5 Å². The zero-order valence-electron chi connectivity index (χ0n) is 13.7. The molecule has 0 aromatic heterocycles. The average Bonchev–Trinajstić information content (AvgIpc) is 2.88. The molecule has 1 heterocycles. The molecule has 3 rings (SSSR count). The molecule has 0 spiro atoms. The Hall–Kier alpha value is -2.34. The molecule has 2 aromatic carbocycles. The molecule has 0 fully saturated rings. The highest BCUT2D eigenvalue weighted by Gasteiger charge is 2.32. The molecule has 1 aliphatic heterocycles. The van der Waals surface area contributed by atoms with Crippen LogP contribution < -0.4 is 9.62 Å². The van der Waals surface area contributed by atoms with Crippen molar-refractivity contribution in [2.75, 3.05) is 10.6 Å². The number of carbonyl (C=O) groups is 1. The standard InChI is InChI=1S/C18H20N2O3S/c1-13-10-16-11-15(8-9-17(16)20(13)24(2,22)23)18(21)19-12-14-6-4-3-5-7-14/h3-9,11,13H,10,12H2,1-2H3,(H,19,21)/t13-/m1/s1. The van der Waals surface area contributed by atoms with E-state index in [1.54, 1.807) is 18.2 Å². The van der Waals surface area contributed by atoms with Gasteiger partial charge in [-0.2, -0.15) is 0 Å². The number of nitrogens with one attached hydrogen (secondary N) is 1. The molecule has 5 nitrogen and oxygen atoms in total. The molecular formula is C18H20N2O3S. The van der Waals surface area contributed by atoms with Gasteiger partial charge in [-0.05, 0) is 42.7 Å². The van der Waals surface area contributed by atoms with Gasteiger partial charge in [-0.3, -0.25) is 9.10 Å². The van der Waals surface area contributed by atoms with Gasteiger partial charge in [0.25, 0.3) is 5.91 Å². The third kappa shape index (κ3) is 3.28. The maximum Gasteiger partial charge on any atom is 0.251 e. The fourth-order valence-corrected chi connectivity index (χ4v) is 4.39. The fraction of sp³-hybridized carbons (Fsp3) is 0.278. The Morgan fingerprint density at radius 3 is 2.58 bits per heavy atom. The highest BCUT2D eigenvalue weighted by atomic mass is 32.2. The number of sulfonamides is 1. The van der Waals surface area contributed by atoms with E-state index in [4.69, 9.17) is 0 Å². The van der Waals surface area contributed by atoms with Gasteiger partial charge in [0.1, 0.15) is 0 Å². The minimum atomic E-state index is -3.31. The van der Waals surface area contributed by atoms with Gasteiger partial charge in [-0.1, -0.05) is 30.3 Å². The van der Waals surface area contributed by atoms with E-state index in [-0.39, 0.29) is 11.9 Å². The number of fused-ring (bicyclic) bond motifs is 1. The first-order valence-electron chi connectivity index (χ1n) is 7.81. The predicted molar refractivity (Wildman–Crippen MR) is 94.5 cm³/mol. The molecule has 126 valence electrons. The topological polar surface area (TPSA) is 66.5 Å². The maximum absolute atomic E-state index is 12.3. The lowest BCUT2D eigenvalue weighted by Crippen LogP contribution is -2.34. The maximum atomic E-state index is 12.3. The number of hydrogen-bond donors (Lipinski definition) is 1. The third-order valence-electron chi connectivity index (χ3n) is 4.15. The Labute approximate surface area is 142 Å². The number of nitrogens with zero attached hydrogens (tertiary/aromatic N) is 1. The van der Waals surface area contributed by atoms with Crippen LogP contribution in [0.4, 0.5) is 5.69 Å². The van der Waals surface area contributed by atoms with Crippen LogP contribution in [0.2, 0.25) is 0 Å². The first kappa shape index (κ1) is 16.5. The molecule has 6 heteroatoms. The van der Waals surface area contributed by atoms with Gasteiger partial charge < -0.3 is 5.32 Å². The number of hydrogen-bond acceptors (Lipinski definition) is 3. The Morgan fingerprint density at radius 1 is 1.21 bits per heavy atom. The SMILES string of the molecule is C[C@@H]1Cc2cc(C(=O)NCc3ccccc3)ccc2N1S(C)(=O)=O. The Kier molecular flexibility index (Phi) is 4.32. The normalized spacial score (nSPS) is 16.8. The van der Waals surface area contributed by atoms with Crippen LogP contribution in [0.5, 0.6) is 0 Å². The third-order valence-corrected chi connectivity index (χ3v) is 5.42. The highest BCUT2D eigenvalue weighted by Crippen LogP contribution is 2.34. The van der Waals surface area contributed by atoms with Crippen LogP contribution in [-0.2, 0) is 23.0 Å². The van der Waals surface area contributed by atoms with Crippen molar-refractivity contribution in [3.8, 4) is 0 Å². The van der Waals surface area contributed by atoms with Crippen molar-refractivity contribution in [2.45, 2.75) is 25.9 Å². The second-order valence-electron chi connectivity index (χ2n) is 6.12. The summed E-state index contributed by atoms with van der Waals surface area (Å²) in [5.41, 5.74) is 3.14. The van der Waals surface area contributed by atoms with Crippen LogP contribution in [0.3, 0.4) is 0 Å². The summed E-state index contributed by atoms with van der Waals surface area (Å²) in [6.07, 6.45) is 1.82. The van der Waals surface area contributed by atoms with Gasteiger partial charge in [0.15, 0.2) is 0 Å². The smallest absolute Gasteiger partial charge is 0.251 e. The molecule has 1 aliphatic rings. The summed E-state index contributed by atoms with van der Waals surface area (Å²) >= 11 is 0. The van der Waals surface area contributed by atoms with Crippen molar-refractivity contribution in [3.05, 3.63) is 65.2 Å². The van der Waals surface area contributed by atoms with Gasteiger partial charge in [-0.15, -0.1) is 0 Å². The number of anilines is 1. The number of rotatable bonds is 4. The lowest BCUT2D eigenvalue weighted by atomic mass is 10.1. The van der Waals surface area contributed by atoms with E-state index < -0.39 is 10.0 Å². The van der Waals surface area contributed by atoms with Crippen molar-refractivity contribution in [2.24, 2.45) is 0 Å². The first-order valence-corrected chi connectivity index (χ1v) is 9.65. The summed E-state index contributed by atoms with van der Waals surface area (Å²) in [4.78, 5) is 12.3. The van der Waals surface area contributed by atoms with Gasteiger partial charge in [0.2, 0.25) is 10.0 Å². The van der Waals surface area contributed by atoms with Gasteiger partial charge >= 0.3 is 0 Å². The molecule has 1 amide bonds. The molecule has 2 aromatic rings.